The summed E-state index contributed by atoms with van der Waals surface area (Å²) in [5.41, 5.74) is 4.23. The lowest BCUT2D eigenvalue weighted by molar-refractivity contribution is 0.927. The summed E-state index contributed by atoms with van der Waals surface area (Å²) in [6.45, 7) is 1.83. The molecule has 0 aliphatic heterocycles. The van der Waals surface area contributed by atoms with Crippen molar-refractivity contribution in [3.05, 3.63) is 23.5 Å². The average Bonchev–Trinajstić information content (AvgIpc) is 2.59. The smallest absolute Gasteiger partial charge is 0.175 e. The number of anilines is 1. The van der Waals surface area contributed by atoms with Crippen LogP contribution in [0.2, 0.25) is 0 Å². The first-order chi connectivity index (χ1) is 6.76. The van der Waals surface area contributed by atoms with Gasteiger partial charge in [-0.05, 0) is 6.92 Å². The van der Waals surface area contributed by atoms with Gasteiger partial charge in [0.2, 0.25) is 0 Å². The van der Waals surface area contributed by atoms with Gasteiger partial charge < -0.3 is 5.43 Å². The number of fused-ring (bicyclic) bond motifs is 1. The highest BCUT2D eigenvalue weighted by Crippen LogP contribution is 2.13. The SMILES string of the molecule is Cc1cc(NN)n2ncc(C#N)c2n1. The van der Waals surface area contributed by atoms with Gasteiger partial charge in [-0.15, -0.1) is 0 Å². The Bertz CT molecular complexity index is 520. The highest BCUT2D eigenvalue weighted by atomic mass is 15.4. The lowest BCUT2D eigenvalue weighted by Gasteiger charge is -2.03. The molecule has 70 valence electrons. The van der Waals surface area contributed by atoms with Crippen LogP contribution >= 0.6 is 0 Å². The molecule has 6 heteroatoms. The minimum atomic E-state index is 0.435. The number of nitrogens with two attached hydrogens (primary N) is 1. The fourth-order valence-electron chi connectivity index (χ4n) is 1.27. The van der Waals surface area contributed by atoms with Gasteiger partial charge >= 0.3 is 0 Å². The Morgan fingerprint density at radius 2 is 2.43 bits per heavy atom. The molecule has 2 rings (SSSR count). The zero-order chi connectivity index (χ0) is 10.1. The van der Waals surface area contributed by atoms with Crippen molar-refractivity contribution in [3.63, 3.8) is 0 Å². The molecule has 0 aliphatic carbocycles. The van der Waals surface area contributed by atoms with Crippen LogP contribution in [-0.4, -0.2) is 14.6 Å². The molecular weight excluding hydrogens is 180 g/mol. The van der Waals surface area contributed by atoms with Crippen molar-refractivity contribution >= 4 is 11.5 Å². The van der Waals surface area contributed by atoms with Crippen LogP contribution in [-0.2, 0) is 0 Å². The quantitative estimate of drug-likeness (QED) is 0.492. The molecular formula is C8H8N6. The van der Waals surface area contributed by atoms with Crippen molar-refractivity contribution in [3.8, 4) is 6.07 Å². The van der Waals surface area contributed by atoms with Crippen molar-refractivity contribution < 1.29 is 0 Å². The maximum Gasteiger partial charge on any atom is 0.175 e. The van der Waals surface area contributed by atoms with Crippen LogP contribution < -0.4 is 11.3 Å². The van der Waals surface area contributed by atoms with Crippen LogP contribution in [0.4, 0.5) is 5.82 Å². The Hall–Kier alpha value is -2.13. The fraction of sp³-hybridized carbons (Fsp3) is 0.125. The second-order valence-corrected chi connectivity index (χ2v) is 2.83. The Morgan fingerprint density at radius 3 is 3.07 bits per heavy atom. The number of nitrogens with zero attached hydrogens (tertiary/aromatic N) is 4. The number of aryl methyl sites for hydroxylation is 1. The zero-order valence-electron chi connectivity index (χ0n) is 7.52. The molecule has 6 nitrogen and oxygen atoms in total. The van der Waals surface area contributed by atoms with Gasteiger partial charge in [0.15, 0.2) is 5.65 Å². The molecule has 2 aromatic heterocycles. The molecule has 0 saturated heterocycles. The number of hydrogen-bond donors (Lipinski definition) is 2. The molecule has 3 N–H and O–H groups in total. The summed E-state index contributed by atoms with van der Waals surface area (Å²) in [5, 5.41) is 12.8. The third-order valence-corrected chi connectivity index (χ3v) is 1.87. The van der Waals surface area contributed by atoms with E-state index < -0.39 is 0 Å². The maximum absolute atomic E-state index is 8.78. The lowest BCUT2D eigenvalue weighted by atomic mass is 10.3. The largest absolute Gasteiger partial charge is 0.308 e. The molecule has 0 aromatic carbocycles. The molecule has 2 aromatic rings. The average molecular weight is 188 g/mol. The summed E-state index contributed by atoms with van der Waals surface area (Å²) in [4.78, 5) is 4.20. The fourth-order valence-corrected chi connectivity index (χ4v) is 1.27. The van der Waals surface area contributed by atoms with Crippen molar-refractivity contribution in [1.29, 1.82) is 5.26 Å². The van der Waals surface area contributed by atoms with Crippen LogP contribution in [0.15, 0.2) is 12.3 Å². The molecule has 0 aliphatic rings. The van der Waals surface area contributed by atoms with E-state index in [4.69, 9.17) is 11.1 Å². The van der Waals surface area contributed by atoms with Crippen LogP contribution in [0.3, 0.4) is 0 Å². The summed E-state index contributed by atoms with van der Waals surface area (Å²) in [7, 11) is 0. The van der Waals surface area contributed by atoms with Crippen molar-refractivity contribution in [2.24, 2.45) is 5.84 Å². The van der Waals surface area contributed by atoms with E-state index in [9.17, 15) is 0 Å². The van der Waals surface area contributed by atoms with Crippen molar-refractivity contribution in [1.82, 2.24) is 14.6 Å². The maximum atomic E-state index is 8.78. The Morgan fingerprint density at radius 1 is 1.64 bits per heavy atom. The predicted octanol–water partition coefficient (Wildman–Crippen LogP) is 0.195. The van der Waals surface area contributed by atoms with E-state index >= 15 is 0 Å². The summed E-state index contributed by atoms with van der Waals surface area (Å²) in [6.07, 6.45) is 1.46. The van der Waals surface area contributed by atoms with Crippen LogP contribution in [0.25, 0.3) is 5.65 Å². The summed E-state index contributed by atoms with van der Waals surface area (Å²) < 4.78 is 1.49. The van der Waals surface area contributed by atoms with Gasteiger partial charge in [0.05, 0.1) is 6.20 Å². The van der Waals surface area contributed by atoms with Crippen molar-refractivity contribution in [2.45, 2.75) is 6.92 Å². The summed E-state index contributed by atoms with van der Waals surface area (Å²) in [6, 6.07) is 3.77. The first kappa shape index (κ1) is 8.47. The molecule has 0 spiro atoms. The van der Waals surface area contributed by atoms with E-state index in [2.05, 4.69) is 15.5 Å². The number of nitrogen functional groups attached to an aromatic ring is 1. The van der Waals surface area contributed by atoms with E-state index in [0.29, 0.717) is 17.0 Å². The van der Waals surface area contributed by atoms with E-state index in [1.807, 2.05) is 13.0 Å². The second-order valence-electron chi connectivity index (χ2n) is 2.83. The predicted molar refractivity (Wildman–Crippen MR) is 50.2 cm³/mol. The van der Waals surface area contributed by atoms with Gasteiger partial charge in [0.1, 0.15) is 17.5 Å². The van der Waals surface area contributed by atoms with Crippen molar-refractivity contribution in [2.75, 3.05) is 5.43 Å². The molecule has 0 radical (unpaired) electrons. The minimum absolute atomic E-state index is 0.435. The third-order valence-electron chi connectivity index (χ3n) is 1.87. The monoisotopic (exact) mass is 188 g/mol. The van der Waals surface area contributed by atoms with E-state index in [1.165, 1.54) is 10.7 Å². The highest BCUT2D eigenvalue weighted by Gasteiger charge is 2.08. The van der Waals surface area contributed by atoms with Gasteiger partial charge in [-0.3, -0.25) is 0 Å². The molecule has 0 fully saturated rings. The summed E-state index contributed by atoms with van der Waals surface area (Å²) >= 11 is 0. The lowest BCUT2D eigenvalue weighted by Crippen LogP contribution is -2.12. The number of aromatic nitrogens is 3. The van der Waals surface area contributed by atoms with E-state index in [-0.39, 0.29) is 0 Å². The Kier molecular flexibility index (Phi) is 1.80. The van der Waals surface area contributed by atoms with Crippen LogP contribution in [0, 0.1) is 18.3 Å². The number of nitriles is 1. The van der Waals surface area contributed by atoms with Gasteiger partial charge in [-0.25, -0.2) is 10.8 Å². The zero-order valence-corrected chi connectivity index (χ0v) is 7.52. The minimum Gasteiger partial charge on any atom is -0.308 e. The first-order valence-corrected chi connectivity index (χ1v) is 3.98. The first-order valence-electron chi connectivity index (χ1n) is 3.98. The second kappa shape index (κ2) is 2.97. The third kappa shape index (κ3) is 1.08. The molecule has 0 saturated carbocycles. The van der Waals surface area contributed by atoms with Gasteiger partial charge in [-0.1, -0.05) is 0 Å². The number of hydrogen-bond acceptors (Lipinski definition) is 5. The van der Waals surface area contributed by atoms with E-state index in [1.54, 1.807) is 6.07 Å². The molecule has 0 atom stereocenters. The number of rotatable bonds is 1. The molecule has 0 bridgehead atoms. The molecule has 0 amide bonds. The van der Waals surface area contributed by atoms with Crippen LogP contribution in [0.1, 0.15) is 11.3 Å². The Labute approximate surface area is 79.9 Å². The summed E-state index contributed by atoms with van der Waals surface area (Å²) in [5.74, 6) is 5.92. The topological polar surface area (TPSA) is 92.0 Å². The molecule has 2 heterocycles. The van der Waals surface area contributed by atoms with Gasteiger partial charge in [0.25, 0.3) is 0 Å². The van der Waals surface area contributed by atoms with Crippen LogP contribution in [0.5, 0.6) is 0 Å². The Balaban J connectivity index is 2.85. The van der Waals surface area contributed by atoms with E-state index in [0.717, 1.165) is 5.69 Å². The molecule has 0 unspecified atom stereocenters. The van der Waals surface area contributed by atoms with Gasteiger partial charge in [0, 0.05) is 11.8 Å². The normalized spacial score (nSPS) is 10.1. The number of hydrazine groups is 1. The highest BCUT2D eigenvalue weighted by molar-refractivity contribution is 5.58. The number of nitrogens with one attached hydrogen (secondary N) is 1. The molecule has 14 heavy (non-hydrogen) atoms. The standard InChI is InChI=1S/C8H8N6/c1-5-2-7(13-10)14-8(12-5)6(3-9)4-11-14/h2,4,13H,10H2,1H3. The van der Waals surface area contributed by atoms with Gasteiger partial charge in [-0.2, -0.15) is 14.9 Å².